The first-order valence-electron chi connectivity index (χ1n) is 6.57. The molecular weight excluding hydrogens is 314 g/mol. The molecule has 0 amide bonds. The molecule has 5 nitrogen and oxygen atoms in total. The molecule has 110 valence electrons. The summed E-state index contributed by atoms with van der Waals surface area (Å²) in [6.07, 6.45) is 1.92. The number of rotatable bonds is 3. The van der Waals surface area contributed by atoms with Gasteiger partial charge in [-0.2, -0.15) is 10.4 Å². The van der Waals surface area contributed by atoms with E-state index < -0.39 is 0 Å². The lowest BCUT2D eigenvalue weighted by molar-refractivity contribution is 0.775. The fourth-order valence-corrected chi connectivity index (χ4v) is 3.29. The Morgan fingerprint density at radius 2 is 2.14 bits per heavy atom. The number of nitriles is 1. The van der Waals surface area contributed by atoms with Crippen molar-refractivity contribution >= 4 is 23.1 Å². The fourth-order valence-electron chi connectivity index (χ4n) is 2.21. The summed E-state index contributed by atoms with van der Waals surface area (Å²) in [6, 6.07) is 8.13. The normalized spacial score (nSPS) is 10.6. The quantitative estimate of drug-likeness (QED) is 0.543. The highest BCUT2D eigenvalue weighted by molar-refractivity contribution is 7.98. The summed E-state index contributed by atoms with van der Waals surface area (Å²) in [5, 5.41) is 16.7. The molecule has 3 aromatic heterocycles. The van der Waals surface area contributed by atoms with Crippen LogP contribution in [0.4, 0.5) is 0 Å². The summed E-state index contributed by atoms with van der Waals surface area (Å²) >= 11 is 3.01. The van der Waals surface area contributed by atoms with E-state index in [1.54, 1.807) is 16.0 Å². The third-order valence-corrected chi connectivity index (χ3v) is 4.55. The van der Waals surface area contributed by atoms with Gasteiger partial charge in [0.1, 0.15) is 17.3 Å². The highest BCUT2D eigenvalue weighted by Crippen LogP contribution is 2.30. The largest absolute Gasteiger partial charge is 0.220 e. The van der Waals surface area contributed by atoms with Crippen molar-refractivity contribution in [1.82, 2.24) is 19.7 Å². The molecule has 7 heteroatoms. The van der Waals surface area contributed by atoms with Crippen molar-refractivity contribution in [2.24, 2.45) is 0 Å². The van der Waals surface area contributed by atoms with Crippen LogP contribution in [0.15, 0.2) is 28.7 Å². The highest BCUT2D eigenvalue weighted by Gasteiger charge is 2.19. The first kappa shape index (κ1) is 14.8. The van der Waals surface area contributed by atoms with Gasteiger partial charge in [0.15, 0.2) is 11.0 Å². The van der Waals surface area contributed by atoms with Gasteiger partial charge in [-0.15, -0.1) is 11.3 Å². The van der Waals surface area contributed by atoms with Gasteiger partial charge in [-0.1, -0.05) is 17.8 Å². The van der Waals surface area contributed by atoms with Gasteiger partial charge in [-0.3, -0.25) is 0 Å². The van der Waals surface area contributed by atoms with Crippen LogP contribution in [0.2, 0.25) is 0 Å². The van der Waals surface area contributed by atoms with Crippen molar-refractivity contribution in [2.45, 2.75) is 19.0 Å². The number of thioether (sulfide) groups is 1. The summed E-state index contributed by atoms with van der Waals surface area (Å²) < 4.78 is 1.71. The van der Waals surface area contributed by atoms with Gasteiger partial charge in [0.25, 0.3) is 0 Å². The number of aryl methyl sites for hydroxylation is 2. The van der Waals surface area contributed by atoms with Crippen molar-refractivity contribution in [3.8, 4) is 22.5 Å². The van der Waals surface area contributed by atoms with Crippen LogP contribution in [0.3, 0.4) is 0 Å². The van der Waals surface area contributed by atoms with E-state index in [2.05, 4.69) is 21.1 Å². The van der Waals surface area contributed by atoms with Crippen molar-refractivity contribution in [2.75, 3.05) is 6.26 Å². The minimum absolute atomic E-state index is 0.450. The summed E-state index contributed by atoms with van der Waals surface area (Å²) in [5.74, 6) is 0.538. The Hall–Kier alpha value is -2.17. The minimum Gasteiger partial charge on any atom is -0.220 e. The molecule has 22 heavy (non-hydrogen) atoms. The molecule has 3 heterocycles. The van der Waals surface area contributed by atoms with Gasteiger partial charge in [0, 0.05) is 5.69 Å². The van der Waals surface area contributed by atoms with Crippen LogP contribution in [-0.4, -0.2) is 26.0 Å². The highest BCUT2D eigenvalue weighted by atomic mass is 32.2. The van der Waals surface area contributed by atoms with Gasteiger partial charge in [0.05, 0.1) is 10.6 Å². The first-order valence-corrected chi connectivity index (χ1v) is 8.68. The van der Waals surface area contributed by atoms with E-state index >= 15 is 0 Å². The molecule has 0 fully saturated rings. The van der Waals surface area contributed by atoms with Gasteiger partial charge in [-0.05, 0) is 37.6 Å². The summed E-state index contributed by atoms with van der Waals surface area (Å²) in [6.45, 7) is 3.87. The zero-order valence-corrected chi connectivity index (χ0v) is 14.0. The topological polar surface area (TPSA) is 67.4 Å². The fraction of sp³-hybridized carbons (Fsp3) is 0.200. The molecule has 0 unspecified atom stereocenters. The van der Waals surface area contributed by atoms with Crippen LogP contribution >= 0.6 is 23.1 Å². The van der Waals surface area contributed by atoms with Crippen molar-refractivity contribution < 1.29 is 0 Å². The summed E-state index contributed by atoms with van der Waals surface area (Å²) in [5.41, 5.74) is 2.95. The lowest BCUT2D eigenvalue weighted by atomic mass is 10.2. The van der Waals surface area contributed by atoms with Crippen LogP contribution in [0.1, 0.15) is 17.0 Å². The number of hydrogen-bond acceptors (Lipinski definition) is 6. The Kier molecular flexibility index (Phi) is 3.96. The maximum Gasteiger partial charge on any atom is 0.190 e. The molecule has 0 N–H and O–H groups in total. The van der Waals surface area contributed by atoms with Crippen LogP contribution in [0.5, 0.6) is 0 Å². The molecule has 0 radical (unpaired) electrons. The second kappa shape index (κ2) is 5.91. The summed E-state index contributed by atoms with van der Waals surface area (Å²) in [4.78, 5) is 9.99. The Morgan fingerprint density at radius 3 is 2.68 bits per heavy atom. The standard InChI is InChI=1S/C15H13N5S2/c1-9-7-10(2)20(19-9)14-11(8-16)13(12-5-4-6-22-12)17-15(18-14)21-3/h4-7H,1-3H3. The smallest absolute Gasteiger partial charge is 0.190 e. The maximum atomic E-state index is 9.65. The van der Waals surface area contributed by atoms with Crippen molar-refractivity contribution in [3.63, 3.8) is 0 Å². The van der Waals surface area contributed by atoms with E-state index in [1.807, 2.05) is 43.7 Å². The third kappa shape index (κ3) is 2.51. The molecule has 0 bridgehead atoms. The molecule has 0 aliphatic heterocycles. The van der Waals surface area contributed by atoms with Gasteiger partial charge >= 0.3 is 0 Å². The average molecular weight is 327 g/mol. The zero-order chi connectivity index (χ0) is 15.7. The monoisotopic (exact) mass is 327 g/mol. The molecule has 0 aliphatic rings. The Morgan fingerprint density at radius 1 is 1.32 bits per heavy atom. The van der Waals surface area contributed by atoms with Gasteiger partial charge < -0.3 is 0 Å². The molecule has 0 aromatic carbocycles. The number of aromatic nitrogens is 4. The SMILES string of the molecule is CSc1nc(-c2cccs2)c(C#N)c(-n2nc(C)cc2C)n1. The number of hydrogen-bond donors (Lipinski definition) is 0. The van der Waals surface area contributed by atoms with Crippen LogP contribution in [0, 0.1) is 25.2 Å². The van der Waals surface area contributed by atoms with E-state index in [4.69, 9.17) is 0 Å². The van der Waals surface area contributed by atoms with E-state index in [0.29, 0.717) is 22.2 Å². The molecule has 0 saturated heterocycles. The van der Waals surface area contributed by atoms with Crippen molar-refractivity contribution in [3.05, 3.63) is 40.5 Å². The third-order valence-electron chi connectivity index (χ3n) is 3.13. The lowest BCUT2D eigenvalue weighted by Gasteiger charge is -2.10. The Bertz CT molecular complexity index is 859. The van der Waals surface area contributed by atoms with Crippen molar-refractivity contribution in [1.29, 1.82) is 5.26 Å². The average Bonchev–Trinajstić information content (AvgIpc) is 3.15. The van der Waals surface area contributed by atoms with E-state index in [9.17, 15) is 5.26 Å². The van der Waals surface area contributed by atoms with Gasteiger partial charge in [0.2, 0.25) is 0 Å². The molecule has 0 spiro atoms. The van der Waals surface area contributed by atoms with Crippen LogP contribution in [0.25, 0.3) is 16.4 Å². The summed E-state index contributed by atoms with van der Waals surface area (Å²) in [7, 11) is 0. The predicted molar refractivity (Wildman–Crippen MR) is 88.4 cm³/mol. The molecular formula is C15H13N5S2. The first-order chi connectivity index (χ1) is 10.6. The minimum atomic E-state index is 0.450. The predicted octanol–water partition coefficient (Wildman–Crippen LogP) is 3.60. The van der Waals surface area contributed by atoms with Crippen LogP contribution < -0.4 is 0 Å². The Labute approximate surface area is 136 Å². The molecule has 3 aromatic rings. The molecule has 0 atom stereocenters. The van der Waals surface area contributed by atoms with E-state index in [0.717, 1.165) is 16.3 Å². The van der Waals surface area contributed by atoms with E-state index in [1.165, 1.54) is 11.8 Å². The molecule has 3 rings (SSSR count). The van der Waals surface area contributed by atoms with Gasteiger partial charge in [-0.25, -0.2) is 14.6 Å². The second-order valence-corrected chi connectivity index (χ2v) is 6.41. The molecule has 0 saturated carbocycles. The van der Waals surface area contributed by atoms with E-state index in [-0.39, 0.29) is 0 Å². The lowest BCUT2D eigenvalue weighted by Crippen LogP contribution is -2.08. The van der Waals surface area contributed by atoms with Crippen LogP contribution in [-0.2, 0) is 0 Å². The zero-order valence-electron chi connectivity index (χ0n) is 12.4. The number of nitrogens with zero attached hydrogens (tertiary/aromatic N) is 5. The maximum absolute atomic E-state index is 9.65. The molecule has 0 aliphatic carbocycles. The second-order valence-electron chi connectivity index (χ2n) is 4.69. The number of thiophene rings is 1. The Balaban J connectivity index is 2.32.